The van der Waals surface area contributed by atoms with Crippen LogP contribution in [0.15, 0.2) is 15.9 Å². The molecule has 1 aliphatic heterocycles. The van der Waals surface area contributed by atoms with Crippen molar-refractivity contribution >= 4 is 33.3 Å². The van der Waals surface area contributed by atoms with E-state index < -0.39 is 0 Å². The molecule has 2 heterocycles. The van der Waals surface area contributed by atoms with Crippen molar-refractivity contribution in [3.63, 3.8) is 0 Å². The molecule has 0 bridgehead atoms. The molecule has 64 valence electrons. The van der Waals surface area contributed by atoms with Crippen molar-refractivity contribution in [2.45, 2.75) is 6.04 Å². The molecule has 1 atom stereocenters. The molecule has 1 aromatic rings. The van der Waals surface area contributed by atoms with Gasteiger partial charge in [0.25, 0.3) is 0 Å². The van der Waals surface area contributed by atoms with Crippen LogP contribution in [0.1, 0.15) is 10.9 Å². The van der Waals surface area contributed by atoms with Crippen LogP contribution < -0.4 is 10.6 Å². The minimum Gasteiger partial charge on any atom is -0.336 e. The Bertz CT molecular complexity index is 312. The number of hydrogen-bond donors (Lipinski definition) is 2. The second-order valence-corrected chi connectivity index (χ2v) is 5.04. The summed E-state index contributed by atoms with van der Waals surface area (Å²) in [6.45, 7) is 0.686. The lowest BCUT2D eigenvalue weighted by molar-refractivity contribution is 0.247. The molecule has 0 unspecified atom stereocenters. The lowest BCUT2D eigenvalue weighted by atomic mass is 10.3. The molecule has 2 rings (SSSR count). The molecule has 12 heavy (non-hydrogen) atoms. The molecule has 0 saturated carbocycles. The Kier molecular flexibility index (Phi) is 2.06. The number of halogens is 1. The summed E-state index contributed by atoms with van der Waals surface area (Å²) in [5.74, 6) is 0. The number of nitrogens with one attached hydrogen (secondary N) is 2. The molecule has 0 spiro atoms. The van der Waals surface area contributed by atoms with Gasteiger partial charge in [-0.25, -0.2) is 4.79 Å². The van der Waals surface area contributed by atoms with Gasteiger partial charge in [0.05, 0.1) is 9.83 Å². The molecule has 3 nitrogen and oxygen atoms in total. The van der Waals surface area contributed by atoms with Crippen LogP contribution in [0, 0.1) is 0 Å². The Labute approximate surface area is 82.3 Å². The van der Waals surface area contributed by atoms with Crippen molar-refractivity contribution < 1.29 is 4.79 Å². The van der Waals surface area contributed by atoms with E-state index >= 15 is 0 Å². The van der Waals surface area contributed by atoms with Gasteiger partial charge in [0, 0.05) is 11.4 Å². The maximum Gasteiger partial charge on any atom is 0.315 e. The second kappa shape index (κ2) is 3.06. The van der Waals surface area contributed by atoms with Crippen LogP contribution in [0.3, 0.4) is 0 Å². The van der Waals surface area contributed by atoms with Gasteiger partial charge < -0.3 is 10.6 Å². The highest BCUT2D eigenvalue weighted by Crippen LogP contribution is 2.27. The van der Waals surface area contributed by atoms with Gasteiger partial charge in [0.2, 0.25) is 0 Å². The molecule has 1 fully saturated rings. The Morgan fingerprint density at radius 1 is 1.58 bits per heavy atom. The van der Waals surface area contributed by atoms with E-state index in [1.165, 1.54) is 4.88 Å². The SMILES string of the molecule is O=C1NC[C@@H](c2ccc(Br)s2)N1. The molecule has 0 aromatic carbocycles. The number of rotatable bonds is 1. The van der Waals surface area contributed by atoms with Gasteiger partial charge in [-0.1, -0.05) is 0 Å². The first-order chi connectivity index (χ1) is 5.75. The highest BCUT2D eigenvalue weighted by atomic mass is 79.9. The lowest BCUT2D eigenvalue weighted by Crippen LogP contribution is -2.21. The minimum atomic E-state index is -0.0791. The van der Waals surface area contributed by atoms with Crippen molar-refractivity contribution in [2.75, 3.05) is 6.54 Å². The Morgan fingerprint density at radius 2 is 2.42 bits per heavy atom. The first-order valence-electron chi connectivity index (χ1n) is 3.55. The molecule has 5 heteroatoms. The van der Waals surface area contributed by atoms with Crippen LogP contribution in [0.5, 0.6) is 0 Å². The van der Waals surface area contributed by atoms with Crippen LogP contribution in [0.25, 0.3) is 0 Å². The smallest absolute Gasteiger partial charge is 0.315 e. The molecule has 1 aromatic heterocycles. The zero-order chi connectivity index (χ0) is 8.55. The van der Waals surface area contributed by atoms with E-state index in [0.717, 1.165) is 3.79 Å². The lowest BCUT2D eigenvalue weighted by Gasteiger charge is -2.03. The molecule has 0 aliphatic carbocycles. The Balaban J connectivity index is 2.15. The van der Waals surface area contributed by atoms with Crippen molar-refractivity contribution in [3.8, 4) is 0 Å². The van der Waals surface area contributed by atoms with Crippen LogP contribution in [-0.4, -0.2) is 12.6 Å². The maximum absolute atomic E-state index is 10.8. The van der Waals surface area contributed by atoms with Crippen LogP contribution in [0.4, 0.5) is 4.79 Å². The molecule has 0 radical (unpaired) electrons. The van der Waals surface area contributed by atoms with Gasteiger partial charge >= 0.3 is 6.03 Å². The average Bonchev–Trinajstić information content (AvgIpc) is 2.58. The van der Waals surface area contributed by atoms with Gasteiger partial charge in [0.1, 0.15) is 0 Å². The van der Waals surface area contributed by atoms with Gasteiger partial charge in [0.15, 0.2) is 0 Å². The average molecular weight is 247 g/mol. The number of urea groups is 1. The predicted octanol–water partition coefficient (Wildman–Crippen LogP) is 1.86. The Hall–Kier alpha value is -0.550. The van der Waals surface area contributed by atoms with Crippen molar-refractivity contribution in [3.05, 3.63) is 20.8 Å². The predicted molar refractivity (Wildman–Crippen MR) is 51.3 cm³/mol. The minimum absolute atomic E-state index is 0.0791. The molecule has 1 aliphatic rings. The maximum atomic E-state index is 10.8. The number of thiophene rings is 1. The zero-order valence-electron chi connectivity index (χ0n) is 6.13. The van der Waals surface area contributed by atoms with E-state index in [1.807, 2.05) is 12.1 Å². The van der Waals surface area contributed by atoms with Crippen molar-refractivity contribution in [2.24, 2.45) is 0 Å². The molecule has 1 saturated heterocycles. The van der Waals surface area contributed by atoms with Crippen molar-refractivity contribution in [1.82, 2.24) is 10.6 Å². The highest BCUT2D eigenvalue weighted by molar-refractivity contribution is 9.11. The van der Waals surface area contributed by atoms with Gasteiger partial charge in [-0.05, 0) is 28.1 Å². The fourth-order valence-corrected chi connectivity index (χ4v) is 2.62. The summed E-state index contributed by atoms with van der Waals surface area (Å²) < 4.78 is 1.10. The molecular weight excluding hydrogens is 240 g/mol. The number of hydrogen-bond acceptors (Lipinski definition) is 2. The number of carbonyl (C=O) groups excluding carboxylic acids is 1. The number of amides is 2. The largest absolute Gasteiger partial charge is 0.336 e. The summed E-state index contributed by atoms with van der Waals surface area (Å²) in [7, 11) is 0. The third kappa shape index (κ3) is 1.47. The normalized spacial score (nSPS) is 22.1. The molecule has 2 N–H and O–H groups in total. The van der Waals surface area contributed by atoms with Gasteiger partial charge in [-0.2, -0.15) is 0 Å². The van der Waals surface area contributed by atoms with E-state index in [9.17, 15) is 4.79 Å². The highest BCUT2D eigenvalue weighted by Gasteiger charge is 2.22. The first-order valence-corrected chi connectivity index (χ1v) is 5.16. The van der Waals surface area contributed by atoms with Crippen molar-refractivity contribution in [1.29, 1.82) is 0 Å². The number of carbonyl (C=O) groups is 1. The van der Waals surface area contributed by atoms with E-state index in [4.69, 9.17) is 0 Å². The van der Waals surface area contributed by atoms with Gasteiger partial charge in [-0.15, -0.1) is 11.3 Å². The fourth-order valence-electron chi connectivity index (χ4n) is 1.14. The summed E-state index contributed by atoms with van der Waals surface area (Å²) in [5, 5.41) is 5.54. The van der Waals surface area contributed by atoms with E-state index in [-0.39, 0.29) is 12.1 Å². The molecular formula is C7H7BrN2OS. The van der Waals surface area contributed by atoms with E-state index in [0.29, 0.717) is 6.54 Å². The first kappa shape index (κ1) is 8.07. The zero-order valence-corrected chi connectivity index (χ0v) is 8.54. The van der Waals surface area contributed by atoms with Crippen LogP contribution >= 0.6 is 27.3 Å². The van der Waals surface area contributed by atoms with Gasteiger partial charge in [-0.3, -0.25) is 0 Å². The summed E-state index contributed by atoms with van der Waals surface area (Å²) >= 11 is 5.03. The van der Waals surface area contributed by atoms with E-state index in [2.05, 4.69) is 26.6 Å². The summed E-state index contributed by atoms with van der Waals surface area (Å²) in [6.07, 6.45) is 0. The third-order valence-corrected chi connectivity index (χ3v) is 3.45. The summed E-state index contributed by atoms with van der Waals surface area (Å²) in [5.41, 5.74) is 0. The monoisotopic (exact) mass is 246 g/mol. The molecule has 2 amide bonds. The second-order valence-electron chi connectivity index (χ2n) is 2.55. The standard InChI is InChI=1S/C7H7BrN2OS/c8-6-2-1-5(12-6)4-3-9-7(11)10-4/h1-2,4H,3H2,(H2,9,10,11)/t4-/m0/s1. The van der Waals surface area contributed by atoms with Crippen LogP contribution in [-0.2, 0) is 0 Å². The summed E-state index contributed by atoms with van der Waals surface area (Å²) in [6, 6.07) is 4.08. The van der Waals surface area contributed by atoms with Crippen LogP contribution in [0.2, 0.25) is 0 Å². The Morgan fingerprint density at radius 3 is 2.92 bits per heavy atom. The quantitative estimate of drug-likeness (QED) is 0.781. The summed E-state index contributed by atoms with van der Waals surface area (Å²) in [4.78, 5) is 12.0. The van der Waals surface area contributed by atoms with E-state index in [1.54, 1.807) is 11.3 Å². The topological polar surface area (TPSA) is 41.1 Å². The fraction of sp³-hybridized carbons (Fsp3) is 0.286. The third-order valence-electron chi connectivity index (χ3n) is 1.71.